The zero-order valence-electron chi connectivity index (χ0n) is 13.3. The van der Waals surface area contributed by atoms with Gasteiger partial charge in [0, 0.05) is 37.3 Å². The van der Waals surface area contributed by atoms with Gasteiger partial charge in [-0.1, -0.05) is 0 Å². The minimum Gasteiger partial charge on any atom is -0.397 e. The van der Waals surface area contributed by atoms with E-state index in [1.165, 1.54) is 11.3 Å². The molecule has 0 amide bonds. The number of nitrogen functional groups attached to an aromatic ring is 1. The van der Waals surface area contributed by atoms with Crippen molar-refractivity contribution in [2.45, 2.75) is 13.8 Å². The molecule has 2 N–H and O–H groups in total. The maximum Gasteiger partial charge on any atom is 0.188 e. The molecule has 0 aromatic carbocycles. The maximum atomic E-state index is 12.6. The molecule has 5 nitrogen and oxygen atoms in total. The highest BCUT2D eigenvalue weighted by atomic mass is 32.1. The number of likely N-dealkylation sites (N-methyl/N-ethyl adjacent to an activating group) is 1. The summed E-state index contributed by atoms with van der Waals surface area (Å²) >= 11 is 1.43. The zero-order chi connectivity index (χ0) is 15.9. The van der Waals surface area contributed by atoms with Crippen molar-refractivity contribution < 1.29 is 4.79 Å². The van der Waals surface area contributed by atoms with E-state index in [4.69, 9.17) is 5.73 Å². The number of rotatable bonds is 3. The molecule has 0 bridgehead atoms. The van der Waals surface area contributed by atoms with Gasteiger partial charge in [-0.2, -0.15) is 0 Å². The average molecular weight is 318 g/mol. The first-order valence-electron chi connectivity index (χ1n) is 7.56. The van der Waals surface area contributed by atoms with Crippen LogP contribution in [-0.2, 0) is 0 Å². The molecule has 1 saturated heterocycles. The Bertz CT molecular complexity index is 716. The second-order valence-corrected chi connectivity index (χ2v) is 7.11. The van der Waals surface area contributed by atoms with Crippen LogP contribution in [0.25, 0.3) is 10.2 Å². The summed E-state index contributed by atoms with van der Waals surface area (Å²) in [5.41, 5.74) is 8.90. The molecule has 0 spiro atoms. The average Bonchev–Trinajstić information content (AvgIpc) is 2.78. The highest BCUT2D eigenvalue weighted by Gasteiger charge is 2.22. The van der Waals surface area contributed by atoms with Crippen LogP contribution in [0.3, 0.4) is 0 Å². The van der Waals surface area contributed by atoms with E-state index in [0.29, 0.717) is 17.1 Å². The number of ketones is 1. The fourth-order valence-electron chi connectivity index (χ4n) is 2.96. The maximum absolute atomic E-state index is 12.6. The van der Waals surface area contributed by atoms with Crippen molar-refractivity contribution in [1.29, 1.82) is 0 Å². The second-order valence-electron chi connectivity index (χ2n) is 6.11. The van der Waals surface area contributed by atoms with Crippen molar-refractivity contribution in [1.82, 2.24) is 14.8 Å². The molecule has 1 aliphatic rings. The molecule has 0 unspecified atom stereocenters. The van der Waals surface area contributed by atoms with E-state index >= 15 is 0 Å². The number of carbonyl (C=O) groups is 1. The summed E-state index contributed by atoms with van der Waals surface area (Å²) < 4.78 is 0. The normalized spacial score (nSPS) is 17.2. The third kappa shape index (κ3) is 2.86. The Kier molecular flexibility index (Phi) is 4.16. The molecule has 118 valence electrons. The van der Waals surface area contributed by atoms with Crippen molar-refractivity contribution in [3.05, 3.63) is 22.2 Å². The minimum absolute atomic E-state index is 0.113. The summed E-state index contributed by atoms with van der Waals surface area (Å²) in [6, 6.07) is 2.01. The second kappa shape index (κ2) is 5.95. The van der Waals surface area contributed by atoms with E-state index in [1.807, 2.05) is 19.9 Å². The summed E-state index contributed by atoms with van der Waals surface area (Å²) in [6.07, 6.45) is 0. The first kappa shape index (κ1) is 15.4. The number of hydrogen-bond acceptors (Lipinski definition) is 6. The predicted octanol–water partition coefficient (Wildman–Crippen LogP) is 1.93. The van der Waals surface area contributed by atoms with Gasteiger partial charge in [0.1, 0.15) is 4.83 Å². The Balaban J connectivity index is 1.85. The SMILES string of the molecule is Cc1cc(C)c2c(N)c(C(=O)CN3CCN(C)CC3)sc2n1. The quantitative estimate of drug-likeness (QED) is 0.876. The van der Waals surface area contributed by atoms with Crippen LogP contribution in [0.15, 0.2) is 6.07 Å². The van der Waals surface area contributed by atoms with Gasteiger partial charge in [-0.15, -0.1) is 11.3 Å². The first-order chi connectivity index (χ1) is 10.5. The summed E-state index contributed by atoms with van der Waals surface area (Å²) in [4.78, 5) is 23.2. The standard InChI is InChI=1S/C16H22N4OS/c1-10-8-11(2)18-16-13(10)14(17)15(22-16)12(21)9-20-6-4-19(3)5-7-20/h8H,4-7,9,17H2,1-3H3. The molecular formula is C16H22N4OS. The fraction of sp³-hybridized carbons (Fsp3) is 0.500. The van der Waals surface area contributed by atoms with Gasteiger partial charge < -0.3 is 10.6 Å². The van der Waals surface area contributed by atoms with Crippen LogP contribution in [0.4, 0.5) is 5.69 Å². The van der Waals surface area contributed by atoms with Gasteiger partial charge in [0.2, 0.25) is 0 Å². The predicted molar refractivity (Wildman–Crippen MR) is 91.8 cm³/mol. The van der Waals surface area contributed by atoms with Gasteiger partial charge in [-0.05, 0) is 32.5 Å². The number of thiophene rings is 1. The smallest absolute Gasteiger partial charge is 0.188 e. The van der Waals surface area contributed by atoms with E-state index < -0.39 is 0 Å². The lowest BCUT2D eigenvalue weighted by atomic mass is 10.1. The molecule has 3 rings (SSSR count). The molecule has 6 heteroatoms. The Morgan fingerprint density at radius 1 is 1.32 bits per heavy atom. The highest BCUT2D eigenvalue weighted by Crippen LogP contribution is 2.35. The van der Waals surface area contributed by atoms with Crippen molar-refractivity contribution in [3.8, 4) is 0 Å². The van der Waals surface area contributed by atoms with Gasteiger partial charge >= 0.3 is 0 Å². The van der Waals surface area contributed by atoms with Crippen LogP contribution in [0, 0.1) is 13.8 Å². The molecule has 0 atom stereocenters. The van der Waals surface area contributed by atoms with E-state index in [1.54, 1.807) is 0 Å². The number of nitrogens with zero attached hydrogens (tertiary/aromatic N) is 3. The van der Waals surface area contributed by atoms with E-state index in [2.05, 4.69) is 21.8 Å². The fourth-order valence-corrected chi connectivity index (χ4v) is 4.10. The third-order valence-corrected chi connectivity index (χ3v) is 5.38. The first-order valence-corrected chi connectivity index (χ1v) is 8.37. The van der Waals surface area contributed by atoms with Crippen LogP contribution in [0.2, 0.25) is 0 Å². The molecule has 2 aromatic heterocycles. The van der Waals surface area contributed by atoms with E-state index in [-0.39, 0.29) is 5.78 Å². The molecule has 1 fully saturated rings. The van der Waals surface area contributed by atoms with Gasteiger partial charge in [0.15, 0.2) is 5.78 Å². The topological polar surface area (TPSA) is 62.5 Å². The Labute approximate surface area is 134 Å². The van der Waals surface area contributed by atoms with Gasteiger partial charge in [-0.3, -0.25) is 9.69 Å². The summed E-state index contributed by atoms with van der Waals surface area (Å²) in [6.45, 7) is 8.32. The van der Waals surface area contributed by atoms with Gasteiger partial charge in [-0.25, -0.2) is 4.98 Å². The zero-order valence-corrected chi connectivity index (χ0v) is 14.2. The van der Waals surface area contributed by atoms with Crippen molar-refractivity contribution in [3.63, 3.8) is 0 Å². The molecule has 0 aliphatic carbocycles. The molecule has 1 aliphatic heterocycles. The Morgan fingerprint density at radius 2 is 2.00 bits per heavy atom. The lowest BCUT2D eigenvalue weighted by Crippen LogP contribution is -2.46. The number of aryl methyl sites for hydroxylation is 2. The number of anilines is 1. The van der Waals surface area contributed by atoms with E-state index in [9.17, 15) is 4.79 Å². The molecule has 2 aromatic rings. The van der Waals surface area contributed by atoms with Crippen LogP contribution in [-0.4, -0.2) is 60.3 Å². The number of piperazine rings is 1. The lowest BCUT2D eigenvalue weighted by molar-refractivity contribution is 0.0881. The van der Waals surface area contributed by atoms with E-state index in [0.717, 1.165) is 47.7 Å². The number of nitrogens with two attached hydrogens (primary N) is 1. The number of fused-ring (bicyclic) bond motifs is 1. The Hall–Kier alpha value is -1.50. The number of carbonyl (C=O) groups excluding carboxylic acids is 1. The van der Waals surface area contributed by atoms with Crippen molar-refractivity contribution >= 4 is 33.0 Å². The van der Waals surface area contributed by atoms with Crippen LogP contribution >= 0.6 is 11.3 Å². The number of Topliss-reactive ketones (excluding diaryl/α,β-unsaturated/α-hetero) is 1. The minimum atomic E-state index is 0.113. The molecule has 0 saturated carbocycles. The Morgan fingerprint density at radius 3 is 2.68 bits per heavy atom. The highest BCUT2D eigenvalue weighted by molar-refractivity contribution is 7.21. The molecule has 0 radical (unpaired) electrons. The van der Waals surface area contributed by atoms with Crippen molar-refractivity contribution in [2.24, 2.45) is 0 Å². The van der Waals surface area contributed by atoms with Crippen LogP contribution < -0.4 is 5.73 Å². The monoisotopic (exact) mass is 318 g/mol. The summed E-state index contributed by atoms with van der Waals surface area (Å²) in [5, 5.41) is 0.942. The third-order valence-electron chi connectivity index (χ3n) is 4.24. The summed E-state index contributed by atoms with van der Waals surface area (Å²) in [7, 11) is 2.11. The molecule has 3 heterocycles. The van der Waals surface area contributed by atoms with Crippen LogP contribution in [0.5, 0.6) is 0 Å². The number of pyridine rings is 1. The number of hydrogen-bond donors (Lipinski definition) is 1. The summed E-state index contributed by atoms with van der Waals surface area (Å²) in [5.74, 6) is 0.113. The van der Waals surface area contributed by atoms with Gasteiger partial charge in [0.05, 0.1) is 17.1 Å². The number of aromatic nitrogens is 1. The molecule has 22 heavy (non-hydrogen) atoms. The van der Waals surface area contributed by atoms with Gasteiger partial charge in [0.25, 0.3) is 0 Å². The lowest BCUT2D eigenvalue weighted by Gasteiger charge is -2.31. The van der Waals surface area contributed by atoms with Crippen molar-refractivity contribution in [2.75, 3.05) is 45.5 Å². The molecular weight excluding hydrogens is 296 g/mol. The van der Waals surface area contributed by atoms with Crippen LogP contribution in [0.1, 0.15) is 20.9 Å². The largest absolute Gasteiger partial charge is 0.397 e.